The summed E-state index contributed by atoms with van der Waals surface area (Å²) in [4.78, 5) is 33.7. The van der Waals surface area contributed by atoms with E-state index in [1.54, 1.807) is 20.8 Å². The number of carbonyl (C=O) groups is 3. The quantitative estimate of drug-likeness (QED) is 0.581. The first-order valence-electron chi connectivity index (χ1n) is 5.90. The van der Waals surface area contributed by atoms with Gasteiger partial charge in [-0.2, -0.15) is 0 Å². The number of nitrogens with two attached hydrogens (primary N) is 1. The number of carbonyl (C=O) groups excluding carboxylic acids is 2. The van der Waals surface area contributed by atoms with E-state index in [1.165, 1.54) is 7.11 Å². The lowest BCUT2D eigenvalue weighted by Gasteiger charge is -2.39. The number of hydrogen-bond acceptors (Lipinski definition) is 5. The fraction of sp³-hybridized carbons (Fsp3) is 0.750. The van der Waals surface area contributed by atoms with Crippen molar-refractivity contribution in [2.75, 3.05) is 13.7 Å². The zero-order valence-corrected chi connectivity index (χ0v) is 11.8. The predicted octanol–water partition coefficient (Wildman–Crippen LogP) is -0.116. The number of rotatable bonds is 6. The van der Waals surface area contributed by atoms with Gasteiger partial charge >= 0.3 is 11.9 Å². The molecule has 0 aromatic carbocycles. The molecule has 1 amide bonds. The van der Waals surface area contributed by atoms with Crippen LogP contribution < -0.4 is 11.1 Å². The Morgan fingerprint density at radius 1 is 1.26 bits per heavy atom. The Labute approximate surface area is 112 Å². The highest BCUT2D eigenvalue weighted by molar-refractivity contribution is 5.90. The molecule has 7 nitrogen and oxygen atoms in total. The Morgan fingerprint density at radius 2 is 1.79 bits per heavy atom. The highest BCUT2D eigenvalue weighted by Gasteiger charge is 2.45. The van der Waals surface area contributed by atoms with Gasteiger partial charge in [-0.25, -0.2) is 0 Å². The van der Waals surface area contributed by atoms with E-state index in [0.29, 0.717) is 0 Å². The maximum atomic E-state index is 12.1. The van der Waals surface area contributed by atoms with E-state index in [-0.39, 0.29) is 19.4 Å². The Bertz CT molecular complexity index is 362. The average Bonchev–Trinajstić information content (AvgIpc) is 2.30. The van der Waals surface area contributed by atoms with Crippen LogP contribution in [-0.4, -0.2) is 42.1 Å². The lowest BCUT2D eigenvalue weighted by atomic mass is 9.71. The Hall–Kier alpha value is -1.63. The summed E-state index contributed by atoms with van der Waals surface area (Å²) in [5, 5.41) is 11.1. The van der Waals surface area contributed by atoms with Gasteiger partial charge in [-0.1, -0.05) is 20.8 Å². The molecule has 4 N–H and O–H groups in total. The first-order chi connectivity index (χ1) is 8.54. The molecule has 0 unspecified atom stereocenters. The van der Waals surface area contributed by atoms with Crippen LogP contribution in [0.2, 0.25) is 0 Å². The van der Waals surface area contributed by atoms with E-state index >= 15 is 0 Å². The van der Waals surface area contributed by atoms with Crippen LogP contribution >= 0.6 is 0 Å². The molecule has 0 aliphatic rings. The van der Waals surface area contributed by atoms with Gasteiger partial charge in [0.2, 0.25) is 5.91 Å². The maximum Gasteiger partial charge on any atom is 0.325 e. The van der Waals surface area contributed by atoms with Crippen LogP contribution in [0.25, 0.3) is 0 Å². The first-order valence-corrected chi connectivity index (χ1v) is 5.90. The minimum Gasteiger partial charge on any atom is -0.481 e. The summed E-state index contributed by atoms with van der Waals surface area (Å²) in [5.74, 6) is -2.19. The average molecular weight is 274 g/mol. The monoisotopic (exact) mass is 274 g/mol. The molecule has 0 saturated heterocycles. The second-order valence-electron chi connectivity index (χ2n) is 5.37. The highest BCUT2D eigenvalue weighted by atomic mass is 16.5. The number of carboxylic acid groups (broad SMARTS) is 1. The summed E-state index contributed by atoms with van der Waals surface area (Å²) in [6, 6.07) is 0. The van der Waals surface area contributed by atoms with E-state index in [1.807, 2.05) is 0 Å². The van der Waals surface area contributed by atoms with Crippen molar-refractivity contribution in [3.8, 4) is 0 Å². The van der Waals surface area contributed by atoms with E-state index in [9.17, 15) is 14.4 Å². The van der Waals surface area contributed by atoms with E-state index in [2.05, 4.69) is 10.1 Å². The summed E-state index contributed by atoms with van der Waals surface area (Å²) >= 11 is 0. The zero-order valence-electron chi connectivity index (χ0n) is 11.8. The van der Waals surface area contributed by atoms with Gasteiger partial charge in [0, 0.05) is 6.42 Å². The molecule has 0 rings (SSSR count). The molecule has 0 aliphatic carbocycles. The van der Waals surface area contributed by atoms with Gasteiger partial charge in [0.05, 0.1) is 7.11 Å². The number of nitrogens with one attached hydrogen (secondary N) is 1. The number of esters is 1. The number of amides is 1. The fourth-order valence-corrected chi connectivity index (χ4v) is 1.52. The van der Waals surface area contributed by atoms with E-state index in [4.69, 9.17) is 10.8 Å². The van der Waals surface area contributed by atoms with Crippen molar-refractivity contribution in [2.45, 2.75) is 39.2 Å². The lowest BCUT2D eigenvalue weighted by molar-refractivity contribution is -0.143. The van der Waals surface area contributed by atoms with Crippen LogP contribution in [0.5, 0.6) is 0 Å². The van der Waals surface area contributed by atoms with Crippen LogP contribution in [0, 0.1) is 5.41 Å². The molecule has 0 radical (unpaired) electrons. The van der Waals surface area contributed by atoms with Crippen molar-refractivity contribution in [3.63, 3.8) is 0 Å². The molecule has 0 fully saturated rings. The molecule has 0 saturated carbocycles. The third kappa shape index (κ3) is 4.86. The highest BCUT2D eigenvalue weighted by Crippen LogP contribution is 2.32. The fourth-order valence-electron chi connectivity index (χ4n) is 1.52. The van der Waals surface area contributed by atoms with Crippen molar-refractivity contribution >= 4 is 17.8 Å². The van der Waals surface area contributed by atoms with Gasteiger partial charge in [-0.05, 0) is 11.8 Å². The molecule has 0 spiro atoms. The molecule has 0 aromatic heterocycles. The molecule has 1 atom stereocenters. The van der Waals surface area contributed by atoms with Crippen LogP contribution in [-0.2, 0) is 19.1 Å². The van der Waals surface area contributed by atoms with Crippen LogP contribution in [0.1, 0.15) is 33.6 Å². The number of ether oxygens (including phenoxy) is 1. The van der Waals surface area contributed by atoms with Crippen molar-refractivity contribution in [3.05, 3.63) is 0 Å². The maximum absolute atomic E-state index is 12.1. The van der Waals surface area contributed by atoms with Crippen LogP contribution in [0.3, 0.4) is 0 Å². The molecule has 0 aliphatic heterocycles. The number of aliphatic carboxylic acids is 1. The minimum atomic E-state index is -1.38. The normalized spacial score (nSPS) is 14.4. The molecular formula is C12H22N2O5. The summed E-state index contributed by atoms with van der Waals surface area (Å²) in [6.07, 6.45) is -0.238. The minimum absolute atomic E-state index is 0.0150. The number of carboxylic acids is 1. The van der Waals surface area contributed by atoms with Crippen molar-refractivity contribution < 1.29 is 24.2 Å². The zero-order chi connectivity index (χ0) is 15.3. The smallest absolute Gasteiger partial charge is 0.325 e. The largest absolute Gasteiger partial charge is 0.481 e. The van der Waals surface area contributed by atoms with Gasteiger partial charge in [-0.3, -0.25) is 14.4 Å². The Balaban J connectivity index is 4.89. The SMILES string of the molecule is COC(=O)CNC(=O)[C@@](N)(CCC(=O)O)C(C)(C)C. The lowest BCUT2D eigenvalue weighted by Crippen LogP contribution is -2.62. The summed E-state index contributed by atoms with van der Waals surface area (Å²) in [5.41, 5.74) is 4.04. The third-order valence-corrected chi connectivity index (χ3v) is 3.10. The molecule has 7 heteroatoms. The van der Waals surface area contributed by atoms with E-state index < -0.39 is 28.8 Å². The van der Waals surface area contributed by atoms with Crippen LogP contribution in [0.4, 0.5) is 0 Å². The predicted molar refractivity (Wildman–Crippen MR) is 68.3 cm³/mol. The second kappa shape index (κ2) is 6.51. The van der Waals surface area contributed by atoms with Gasteiger partial charge < -0.3 is 20.9 Å². The van der Waals surface area contributed by atoms with Crippen LogP contribution in [0.15, 0.2) is 0 Å². The van der Waals surface area contributed by atoms with Gasteiger partial charge in [0.25, 0.3) is 0 Å². The molecular weight excluding hydrogens is 252 g/mol. The van der Waals surface area contributed by atoms with E-state index in [0.717, 1.165) is 0 Å². The molecule has 110 valence electrons. The van der Waals surface area contributed by atoms with Gasteiger partial charge in [0.1, 0.15) is 12.1 Å². The number of methoxy groups -OCH3 is 1. The van der Waals surface area contributed by atoms with Crippen molar-refractivity contribution in [1.82, 2.24) is 5.32 Å². The molecule has 0 aromatic rings. The topological polar surface area (TPSA) is 119 Å². The van der Waals surface area contributed by atoms with Crippen molar-refractivity contribution in [1.29, 1.82) is 0 Å². The standard InChI is InChI=1S/C12H22N2O5/c1-11(2,3)12(13,6-5-8(15)16)10(18)14-7-9(17)19-4/h5-7,13H2,1-4H3,(H,14,18)(H,15,16)/t12-/m0/s1. The van der Waals surface area contributed by atoms with Gasteiger partial charge in [0.15, 0.2) is 0 Å². The number of hydrogen-bond donors (Lipinski definition) is 3. The summed E-state index contributed by atoms with van der Waals surface area (Å²) in [6.45, 7) is 4.93. The van der Waals surface area contributed by atoms with Gasteiger partial charge in [-0.15, -0.1) is 0 Å². The summed E-state index contributed by atoms with van der Waals surface area (Å²) < 4.78 is 4.41. The molecule has 19 heavy (non-hydrogen) atoms. The van der Waals surface area contributed by atoms with Crippen molar-refractivity contribution in [2.24, 2.45) is 11.1 Å². The molecule has 0 heterocycles. The summed E-state index contributed by atoms with van der Waals surface area (Å²) in [7, 11) is 1.21. The first kappa shape index (κ1) is 17.4. The third-order valence-electron chi connectivity index (χ3n) is 3.10. The second-order valence-corrected chi connectivity index (χ2v) is 5.37. The Morgan fingerprint density at radius 3 is 2.16 bits per heavy atom. The Kier molecular flexibility index (Phi) is 5.95. The molecule has 0 bridgehead atoms.